The van der Waals surface area contributed by atoms with Crippen LogP contribution in [0.3, 0.4) is 0 Å². The molecule has 0 aliphatic heterocycles. The zero-order chi connectivity index (χ0) is 20.2. The summed E-state index contributed by atoms with van der Waals surface area (Å²) < 4.78 is 7.00. The number of aliphatic hydroxyl groups is 1. The van der Waals surface area contributed by atoms with E-state index >= 15 is 0 Å². The van der Waals surface area contributed by atoms with Gasteiger partial charge in [0.05, 0.1) is 6.10 Å². The lowest BCUT2D eigenvalue weighted by molar-refractivity contribution is 0.173. The Hall–Kier alpha value is -2.36. The van der Waals surface area contributed by atoms with Crippen LogP contribution in [-0.4, -0.2) is 13.4 Å². The fraction of sp³-hybridized carbons (Fsp3) is 0.280. The number of hydrogen-bond acceptors (Lipinski definition) is 2. The first-order valence-corrected chi connectivity index (χ1v) is 11.9. The summed E-state index contributed by atoms with van der Waals surface area (Å²) in [5.41, 5.74) is 0.901. The predicted molar refractivity (Wildman–Crippen MR) is 120 cm³/mol. The molecule has 0 aliphatic rings. The van der Waals surface area contributed by atoms with Crippen LogP contribution in [0.1, 0.15) is 45.8 Å². The number of benzene rings is 3. The fourth-order valence-corrected chi connectivity index (χ4v) is 8.26. The summed E-state index contributed by atoms with van der Waals surface area (Å²) in [4.78, 5) is 0. The third-order valence-corrected chi connectivity index (χ3v) is 10.3. The summed E-state index contributed by atoms with van der Waals surface area (Å²) in [6.45, 7) is 8.79. The highest BCUT2D eigenvalue weighted by Gasteiger charge is 2.52. The van der Waals surface area contributed by atoms with E-state index in [4.69, 9.17) is 4.43 Å². The van der Waals surface area contributed by atoms with Gasteiger partial charge >= 0.3 is 8.32 Å². The molecule has 1 atom stereocenters. The van der Waals surface area contributed by atoms with E-state index in [1.54, 1.807) is 0 Å². The average Bonchev–Trinajstić information content (AvgIpc) is 2.72. The molecular formula is C25H30O2Si. The molecule has 0 saturated heterocycles. The highest BCUT2D eigenvalue weighted by Crippen LogP contribution is 2.38. The highest BCUT2D eigenvalue weighted by atomic mass is 28.4. The molecule has 1 N–H and O–H groups in total. The Morgan fingerprint density at radius 2 is 1.36 bits per heavy atom. The van der Waals surface area contributed by atoms with Crippen molar-refractivity contribution in [1.82, 2.24) is 0 Å². The molecule has 3 aromatic carbocycles. The number of hydrogen-bond donors (Lipinski definition) is 1. The van der Waals surface area contributed by atoms with Crippen molar-refractivity contribution in [2.45, 2.75) is 45.3 Å². The van der Waals surface area contributed by atoms with Gasteiger partial charge in [0.15, 0.2) is 0 Å². The van der Waals surface area contributed by atoms with E-state index in [0.29, 0.717) is 6.42 Å². The second kappa shape index (κ2) is 8.34. The lowest BCUT2D eigenvalue weighted by Crippen LogP contribution is -2.68. The van der Waals surface area contributed by atoms with Crippen LogP contribution in [0.5, 0.6) is 5.75 Å². The van der Waals surface area contributed by atoms with Crippen molar-refractivity contribution in [2.24, 2.45) is 0 Å². The molecule has 0 aliphatic carbocycles. The Balaban J connectivity index is 2.20. The van der Waals surface area contributed by atoms with Crippen molar-refractivity contribution in [3.8, 4) is 5.75 Å². The third-order valence-electron chi connectivity index (χ3n) is 5.32. The Labute approximate surface area is 170 Å². The molecule has 28 heavy (non-hydrogen) atoms. The molecule has 3 heteroatoms. The minimum Gasteiger partial charge on any atom is -0.534 e. The van der Waals surface area contributed by atoms with Gasteiger partial charge in [0.2, 0.25) is 0 Å². The van der Waals surface area contributed by atoms with Crippen LogP contribution >= 0.6 is 0 Å². The molecule has 0 radical (unpaired) electrons. The first-order chi connectivity index (χ1) is 13.4. The molecular weight excluding hydrogens is 360 g/mol. The fourth-order valence-electron chi connectivity index (χ4n) is 3.85. The summed E-state index contributed by atoms with van der Waals surface area (Å²) in [5.74, 6) is 0.819. The molecule has 0 heterocycles. The summed E-state index contributed by atoms with van der Waals surface area (Å²) in [5, 5.41) is 12.7. The summed E-state index contributed by atoms with van der Waals surface area (Å²) in [7, 11) is -2.64. The molecule has 0 saturated carbocycles. The summed E-state index contributed by atoms with van der Waals surface area (Å²) in [6.07, 6.45) is 0.213. The SMILES string of the molecule is CCC(O)c1cccc(O[Si](c2ccccc2)(c2ccccc2)C(C)(C)C)c1. The minimum absolute atomic E-state index is 0.0882. The molecule has 146 valence electrons. The van der Waals surface area contributed by atoms with Crippen molar-refractivity contribution >= 4 is 18.7 Å². The quantitative estimate of drug-likeness (QED) is 0.596. The van der Waals surface area contributed by atoms with E-state index in [9.17, 15) is 5.11 Å². The van der Waals surface area contributed by atoms with Crippen molar-refractivity contribution in [2.75, 3.05) is 0 Å². The molecule has 3 aromatic rings. The molecule has 0 spiro atoms. The normalized spacial score (nSPS) is 13.2. The van der Waals surface area contributed by atoms with E-state index in [1.165, 1.54) is 10.4 Å². The standard InChI is InChI=1S/C25H30O2Si/c1-5-24(26)20-13-12-14-21(19-20)27-28(25(2,3)4,22-15-8-6-9-16-22)23-17-10-7-11-18-23/h6-19,24,26H,5H2,1-4H3. The van der Waals surface area contributed by atoms with Gasteiger partial charge in [-0.2, -0.15) is 0 Å². The van der Waals surface area contributed by atoms with E-state index < -0.39 is 14.4 Å². The molecule has 0 bridgehead atoms. The van der Waals surface area contributed by atoms with Gasteiger partial charge in [-0.05, 0) is 39.5 Å². The number of aliphatic hydroxyl groups excluding tert-OH is 1. The Kier molecular flexibility index (Phi) is 6.06. The topological polar surface area (TPSA) is 29.5 Å². The maximum Gasteiger partial charge on any atom is 0.319 e. The molecule has 3 rings (SSSR count). The summed E-state index contributed by atoms with van der Waals surface area (Å²) in [6, 6.07) is 29.2. The van der Waals surface area contributed by atoms with Gasteiger partial charge in [-0.15, -0.1) is 0 Å². The lowest BCUT2D eigenvalue weighted by atomic mass is 10.1. The Morgan fingerprint density at radius 3 is 1.82 bits per heavy atom. The largest absolute Gasteiger partial charge is 0.534 e. The van der Waals surface area contributed by atoms with Crippen LogP contribution in [0.4, 0.5) is 0 Å². The van der Waals surface area contributed by atoms with Gasteiger partial charge in [-0.3, -0.25) is 0 Å². The molecule has 0 fully saturated rings. The maximum atomic E-state index is 10.3. The lowest BCUT2D eigenvalue weighted by Gasteiger charge is -2.43. The molecule has 0 amide bonds. The van der Waals surface area contributed by atoms with Gasteiger partial charge in [0, 0.05) is 0 Å². The first kappa shape index (κ1) is 20.4. The van der Waals surface area contributed by atoms with Crippen molar-refractivity contribution < 1.29 is 9.53 Å². The van der Waals surface area contributed by atoms with Gasteiger partial charge < -0.3 is 9.53 Å². The predicted octanol–water partition coefficient (Wildman–Crippen LogP) is 5.07. The van der Waals surface area contributed by atoms with Gasteiger partial charge in [0.1, 0.15) is 5.75 Å². The monoisotopic (exact) mass is 390 g/mol. The zero-order valence-corrected chi connectivity index (χ0v) is 18.2. The van der Waals surface area contributed by atoms with Crippen molar-refractivity contribution in [3.05, 3.63) is 90.5 Å². The second-order valence-electron chi connectivity index (χ2n) is 8.26. The summed E-state index contributed by atoms with van der Waals surface area (Å²) >= 11 is 0. The van der Waals surface area contributed by atoms with Crippen LogP contribution in [0.2, 0.25) is 5.04 Å². The van der Waals surface area contributed by atoms with E-state index in [0.717, 1.165) is 11.3 Å². The third kappa shape index (κ3) is 3.91. The van der Waals surface area contributed by atoms with Crippen LogP contribution < -0.4 is 14.8 Å². The van der Waals surface area contributed by atoms with E-state index in [2.05, 4.69) is 81.4 Å². The average molecular weight is 391 g/mol. The van der Waals surface area contributed by atoms with Crippen LogP contribution in [0.25, 0.3) is 0 Å². The van der Waals surface area contributed by atoms with Crippen molar-refractivity contribution in [1.29, 1.82) is 0 Å². The van der Waals surface area contributed by atoms with E-state index in [-0.39, 0.29) is 5.04 Å². The van der Waals surface area contributed by atoms with Gasteiger partial charge in [-0.1, -0.05) is 100 Å². The Bertz CT molecular complexity index is 846. The van der Waals surface area contributed by atoms with Crippen LogP contribution in [0, 0.1) is 0 Å². The van der Waals surface area contributed by atoms with Gasteiger partial charge in [-0.25, -0.2) is 0 Å². The van der Waals surface area contributed by atoms with E-state index in [1.807, 2.05) is 31.2 Å². The zero-order valence-electron chi connectivity index (χ0n) is 17.2. The molecule has 1 unspecified atom stereocenters. The smallest absolute Gasteiger partial charge is 0.319 e. The van der Waals surface area contributed by atoms with Crippen LogP contribution in [-0.2, 0) is 0 Å². The van der Waals surface area contributed by atoms with Crippen molar-refractivity contribution in [3.63, 3.8) is 0 Å². The van der Waals surface area contributed by atoms with Crippen LogP contribution in [0.15, 0.2) is 84.9 Å². The molecule has 2 nitrogen and oxygen atoms in total. The Morgan fingerprint density at radius 1 is 0.821 bits per heavy atom. The maximum absolute atomic E-state index is 10.3. The highest BCUT2D eigenvalue weighted by molar-refractivity contribution is 7.00. The van der Waals surface area contributed by atoms with Gasteiger partial charge in [0.25, 0.3) is 0 Å². The second-order valence-corrected chi connectivity index (χ2v) is 12.5. The number of rotatable bonds is 6. The first-order valence-electron chi connectivity index (χ1n) is 9.96. The molecule has 0 aromatic heterocycles. The minimum atomic E-state index is -2.64.